The van der Waals surface area contributed by atoms with Crippen molar-refractivity contribution in [3.63, 3.8) is 0 Å². The van der Waals surface area contributed by atoms with E-state index in [1.807, 2.05) is 0 Å². The zero-order valence-electron chi connectivity index (χ0n) is 6.78. The first-order valence-corrected chi connectivity index (χ1v) is 3.89. The zero-order chi connectivity index (χ0) is 8.81. The number of aromatic nitrogens is 4. The zero-order valence-corrected chi connectivity index (χ0v) is 6.78. The van der Waals surface area contributed by atoms with Crippen molar-refractivity contribution < 1.29 is 4.39 Å². The lowest BCUT2D eigenvalue weighted by atomic mass is 10.3. The Hall–Kier alpha value is -1.04. The van der Waals surface area contributed by atoms with Crippen LogP contribution < -0.4 is 5.73 Å². The van der Waals surface area contributed by atoms with Crippen molar-refractivity contribution in [2.45, 2.75) is 19.4 Å². The predicted molar refractivity (Wildman–Crippen MR) is 41.2 cm³/mol. The maximum atomic E-state index is 11.9. The Morgan fingerprint density at radius 1 is 1.50 bits per heavy atom. The number of hydrogen-bond donors (Lipinski definition) is 1. The number of nitrogens with zero attached hydrogens (tertiary/aromatic N) is 4. The minimum absolute atomic E-state index is 0.229. The van der Waals surface area contributed by atoms with Gasteiger partial charge in [0.25, 0.3) is 0 Å². The monoisotopic (exact) mass is 173 g/mol. The van der Waals surface area contributed by atoms with Gasteiger partial charge in [-0.15, -0.1) is 5.10 Å². The van der Waals surface area contributed by atoms with Crippen molar-refractivity contribution in [3.05, 3.63) is 5.82 Å². The third kappa shape index (κ3) is 2.23. The molecule has 0 aliphatic rings. The van der Waals surface area contributed by atoms with Crippen LogP contribution in [0.1, 0.15) is 12.2 Å². The fourth-order valence-electron chi connectivity index (χ4n) is 0.916. The summed E-state index contributed by atoms with van der Waals surface area (Å²) in [5.41, 5.74) is 5.32. The van der Waals surface area contributed by atoms with Gasteiger partial charge < -0.3 is 5.73 Å². The highest BCUT2D eigenvalue weighted by atomic mass is 19.1. The summed E-state index contributed by atoms with van der Waals surface area (Å²) in [5, 5.41) is 10.8. The van der Waals surface area contributed by atoms with E-state index in [0.29, 0.717) is 18.8 Å². The second-order valence-corrected chi connectivity index (χ2v) is 2.40. The number of alkyl halides is 1. The van der Waals surface area contributed by atoms with Crippen LogP contribution in [0.15, 0.2) is 0 Å². The van der Waals surface area contributed by atoms with Crippen LogP contribution in [0.5, 0.6) is 0 Å². The summed E-state index contributed by atoms with van der Waals surface area (Å²) in [6.45, 7) is 0.385. The smallest absolute Gasteiger partial charge is 0.151 e. The summed E-state index contributed by atoms with van der Waals surface area (Å²) in [6.07, 6.45) is 1.54. The van der Waals surface area contributed by atoms with E-state index in [1.165, 1.54) is 4.68 Å². The highest BCUT2D eigenvalue weighted by molar-refractivity contribution is 4.80. The molecule has 5 nitrogen and oxygen atoms in total. The molecule has 0 saturated heterocycles. The Morgan fingerprint density at radius 3 is 3.00 bits per heavy atom. The molecule has 0 radical (unpaired) electrons. The second-order valence-electron chi connectivity index (χ2n) is 2.40. The number of hydrogen-bond acceptors (Lipinski definition) is 4. The van der Waals surface area contributed by atoms with Crippen LogP contribution in [0.2, 0.25) is 0 Å². The van der Waals surface area contributed by atoms with E-state index in [4.69, 9.17) is 5.73 Å². The lowest BCUT2D eigenvalue weighted by Crippen LogP contribution is -2.09. The van der Waals surface area contributed by atoms with Crippen molar-refractivity contribution in [2.75, 3.05) is 13.2 Å². The van der Waals surface area contributed by atoms with E-state index in [0.717, 1.165) is 6.42 Å². The molecule has 0 bridgehead atoms. The van der Waals surface area contributed by atoms with E-state index in [2.05, 4.69) is 15.5 Å². The second kappa shape index (κ2) is 4.76. The van der Waals surface area contributed by atoms with Crippen LogP contribution in [0.4, 0.5) is 4.39 Å². The van der Waals surface area contributed by atoms with Gasteiger partial charge in [0, 0.05) is 6.42 Å². The normalized spacial score (nSPS) is 10.5. The van der Waals surface area contributed by atoms with Gasteiger partial charge in [-0.05, 0) is 23.4 Å². The topological polar surface area (TPSA) is 69.6 Å². The fourth-order valence-corrected chi connectivity index (χ4v) is 0.916. The van der Waals surface area contributed by atoms with Gasteiger partial charge in [0.05, 0.1) is 6.54 Å². The summed E-state index contributed by atoms with van der Waals surface area (Å²) in [7, 11) is 0. The first-order chi connectivity index (χ1) is 5.88. The van der Waals surface area contributed by atoms with Gasteiger partial charge in [-0.1, -0.05) is 0 Å². The van der Waals surface area contributed by atoms with Crippen molar-refractivity contribution >= 4 is 0 Å². The fraction of sp³-hybridized carbons (Fsp3) is 0.833. The van der Waals surface area contributed by atoms with Crippen molar-refractivity contribution in [3.8, 4) is 0 Å². The molecule has 0 aromatic carbocycles. The Bertz CT molecular complexity index is 223. The quantitative estimate of drug-likeness (QED) is 0.653. The van der Waals surface area contributed by atoms with Gasteiger partial charge in [-0.3, -0.25) is 0 Å². The molecule has 0 spiro atoms. The largest absolute Gasteiger partial charge is 0.330 e. The number of rotatable bonds is 5. The molecule has 0 amide bonds. The van der Waals surface area contributed by atoms with Gasteiger partial charge >= 0.3 is 0 Å². The molecule has 1 heterocycles. The molecule has 1 aromatic heterocycles. The van der Waals surface area contributed by atoms with E-state index >= 15 is 0 Å². The minimum atomic E-state index is -0.444. The number of aryl methyl sites for hydroxylation is 2. The van der Waals surface area contributed by atoms with Crippen LogP contribution in [0, 0.1) is 0 Å². The average Bonchev–Trinajstić information content (AvgIpc) is 2.50. The molecule has 0 aliphatic heterocycles. The molecule has 1 aromatic rings. The SMILES string of the molecule is NCCCc1nnnn1CCF. The molecular weight excluding hydrogens is 161 g/mol. The maximum absolute atomic E-state index is 11.9. The Kier molecular flexibility index (Phi) is 3.59. The maximum Gasteiger partial charge on any atom is 0.151 e. The molecule has 12 heavy (non-hydrogen) atoms. The van der Waals surface area contributed by atoms with Crippen molar-refractivity contribution in [1.29, 1.82) is 0 Å². The molecule has 6 heteroatoms. The number of tetrazole rings is 1. The van der Waals surface area contributed by atoms with E-state index in [1.54, 1.807) is 0 Å². The van der Waals surface area contributed by atoms with E-state index in [-0.39, 0.29) is 6.54 Å². The highest BCUT2D eigenvalue weighted by Crippen LogP contribution is 1.96. The third-order valence-electron chi connectivity index (χ3n) is 1.51. The van der Waals surface area contributed by atoms with Crippen molar-refractivity contribution in [2.24, 2.45) is 5.73 Å². The van der Waals surface area contributed by atoms with Crippen LogP contribution in [0.25, 0.3) is 0 Å². The van der Waals surface area contributed by atoms with Crippen LogP contribution >= 0.6 is 0 Å². The summed E-state index contributed by atoms with van der Waals surface area (Å²) in [5.74, 6) is 0.707. The standard InChI is InChI=1S/C6H12FN5/c7-3-5-12-6(2-1-4-8)9-10-11-12/h1-5,8H2. The molecule has 2 N–H and O–H groups in total. The number of nitrogens with two attached hydrogens (primary N) is 1. The molecule has 0 fully saturated rings. The Balaban J connectivity index is 2.51. The lowest BCUT2D eigenvalue weighted by molar-refractivity contribution is 0.414. The lowest BCUT2D eigenvalue weighted by Gasteiger charge is -1.99. The van der Waals surface area contributed by atoms with Gasteiger partial charge in [0.15, 0.2) is 5.82 Å². The van der Waals surface area contributed by atoms with Crippen LogP contribution in [-0.2, 0) is 13.0 Å². The Morgan fingerprint density at radius 2 is 2.33 bits per heavy atom. The first kappa shape index (κ1) is 9.05. The summed E-state index contributed by atoms with van der Waals surface area (Å²) in [4.78, 5) is 0. The van der Waals surface area contributed by atoms with Gasteiger partial charge in [0.1, 0.15) is 6.67 Å². The number of halogens is 1. The van der Waals surface area contributed by atoms with Crippen LogP contribution in [0.3, 0.4) is 0 Å². The molecule has 0 atom stereocenters. The molecule has 1 rings (SSSR count). The minimum Gasteiger partial charge on any atom is -0.330 e. The molecule has 0 unspecified atom stereocenters. The molecular formula is C6H12FN5. The molecule has 68 valence electrons. The van der Waals surface area contributed by atoms with E-state index < -0.39 is 6.67 Å². The van der Waals surface area contributed by atoms with Gasteiger partial charge in [-0.25, -0.2) is 9.07 Å². The first-order valence-electron chi connectivity index (χ1n) is 3.89. The van der Waals surface area contributed by atoms with Crippen molar-refractivity contribution in [1.82, 2.24) is 20.2 Å². The average molecular weight is 173 g/mol. The summed E-state index contributed by atoms with van der Waals surface area (Å²) >= 11 is 0. The predicted octanol–water partition coefficient (Wildman–Crippen LogP) is -0.466. The van der Waals surface area contributed by atoms with Crippen LogP contribution in [-0.4, -0.2) is 33.4 Å². The molecule has 0 saturated carbocycles. The third-order valence-corrected chi connectivity index (χ3v) is 1.51. The summed E-state index contributed by atoms with van der Waals surface area (Å²) in [6, 6.07) is 0. The summed E-state index contributed by atoms with van der Waals surface area (Å²) < 4.78 is 13.4. The van der Waals surface area contributed by atoms with Gasteiger partial charge in [-0.2, -0.15) is 0 Å². The highest BCUT2D eigenvalue weighted by Gasteiger charge is 2.03. The van der Waals surface area contributed by atoms with Gasteiger partial charge in [0.2, 0.25) is 0 Å². The van der Waals surface area contributed by atoms with E-state index in [9.17, 15) is 4.39 Å². The molecule has 0 aliphatic carbocycles. The Labute approximate surface area is 69.7 Å².